The summed E-state index contributed by atoms with van der Waals surface area (Å²) in [4.78, 5) is 21.5. The van der Waals surface area contributed by atoms with Gasteiger partial charge in [-0.1, -0.05) is 41.9 Å². The van der Waals surface area contributed by atoms with E-state index in [9.17, 15) is 4.79 Å². The van der Waals surface area contributed by atoms with Crippen molar-refractivity contribution in [3.05, 3.63) is 95.3 Å². The van der Waals surface area contributed by atoms with Gasteiger partial charge in [-0.3, -0.25) is 9.78 Å². The lowest BCUT2D eigenvalue weighted by Crippen LogP contribution is -2.17. The molecule has 0 saturated carbocycles. The number of pyridine rings is 1. The van der Waals surface area contributed by atoms with Gasteiger partial charge in [-0.2, -0.15) is 9.67 Å². The van der Waals surface area contributed by atoms with Crippen molar-refractivity contribution in [1.29, 1.82) is 0 Å². The second-order valence-corrected chi connectivity index (χ2v) is 6.50. The quantitative estimate of drug-likeness (QED) is 0.551. The van der Waals surface area contributed by atoms with Crippen LogP contribution in [0.5, 0.6) is 0 Å². The first kappa shape index (κ1) is 17.9. The Balaban J connectivity index is 1.68. The average Bonchev–Trinajstić information content (AvgIpc) is 3.17. The number of hydrogen-bond acceptors (Lipinski definition) is 5. The number of carbonyl (C=O) groups excluding carboxylic acids is 1. The molecule has 2 aromatic heterocycles. The highest BCUT2D eigenvalue weighted by atomic mass is 35.5. The Kier molecular flexibility index (Phi) is 5.12. The Morgan fingerprint density at radius 2 is 1.79 bits per heavy atom. The minimum absolute atomic E-state index is 0.262. The number of anilines is 1. The highest BCUT2D eigenvalue weighted by molar-refractivity contribution is 6.30. The van der Waals surface area contributed by atoms with Crippen LogP contribution in [0.4, 0.5) is 5.95 Å². The number of aromatic nitrogens is 4. The van der Waals surface area contributed by atoms with Crippen molar-refractivity contribution in [3.8, 4) is 11.4 Å². The largest absolute Gasteiger partial charge is 0.350 e. The Bertz CT molecular complexity index is 1100. The fourth-order valence-electron chi connectivity index (χ4n) is 2.72. The predicted molar refractivity (Wildman–Crippen MR) is 108 cm³/mol. The van der Waals surface area contributed by atoms with Crippen LogP contribution in [0.15, 0.2) is 79.1 Å². The van der Waals surface area contributed by atoms with E-state index < -0.39 is 0 Å². The van der Waals surface area contributed by atoms with Gasteiger partial charge in [0.15, 0.2) is 5.82 Å². The van der Waals surface area contributed by atoms with Crippen molar-refractivity contribution in [2.75, 3.05) is 5.32 Å². The van der Waals surface area contributed by atoms with Crippen LogP contribution in [0.25, 0.3) is 11.4 Å². The zero-order chi connectivity index (χ0) is 19.3. The molecule has 28 heavy (non-hydrogen) atoms. The van der Waals surface area contributed by atoms with Crippen LogP contribution in [-0.2, 0) is 6.54 Å². The van der Waals surface area contributed by atoms with Crippen LogP contribution < -0.4 is 5.32 Å². The highest BCUT2D eigenvalue weighted by Gasteiger charge is 2.18. The van der Waals surface area contributed by atoms with E-state index in [4.69, 9.17) is 11.6 Å². The smallest absolute Gasteiger partial charge is 0.281 e. The van der Waals surface area contributed by atoms with Crippen LogP contribution in [-0.4, -0.2) is 25.7 Å². The standard InChI is InChI=1S/C21H16ClN5O/c22-18-8-4-5-15(13-18)14-24-21-25-19(16-9-11-23-12-10-16)26-27(21)20(28)17-6-2-1-3-7-17/h1-13H,14H2,(H,24,25,26). The monoisotopic (exact) mass is 389 g/mol. The molecule has 0 atom stereocenters. The molecule has 2 aromatic carbocycles. The summed E-state index contributed by atoms with van der Waals surface area (Å²) in [6, 6.07) is 20.1. The van der Waals surface area contributed by atoms with Gasteiger partial charge in [0.25, 0.3) is 5.91 Å². The lowest BCUT2D eigenvalue weighted by Gasteiger charge is -2.07. The van der Waals surface area contributed by atoms with Gasteiger partial charge >= 0.3 is 0 Å². The molecule has 4 aromatic rings. The van der Waals surface area contributed by atoms with Gasteiger partial charge in [-0.05, 0) is 42.0 Å². The number of nitrogens with zero attached hydrogens (tertiary/aromatic N) is 4. The average molecular weight is 390 g/mol. The molecule has 0 bridgehead atoms. The zero-order valence-electron chi connectivity index (χ0n) is 14.8. The molecule has 0 amide bonds. The van der Waals surface area contributed by atoms with Gasteiger partial charge in [0.05, 0.1) is 0 Å². The molecule has 6 nitrogen and oxygen atoms in total. The van der Waals surface area contributed by atoms with E-state index in [-0.39, 0.29) is 5.91 Å². The third-order valence-corrected chi connectivity index (χ3v) is 4.33. The predicted octanol–water partition coefficient (Wildman–Crippen LogP) is 4.29. The molecule has 0 saturated heterocycles. The molecular weight excluding hydrogens is 374 g/mol. The van der Waals surface area contributed by atoms with Crippen molar-refractivity contribution < 1.29 is 4.79 Å². The molecule has 0 aliphatic carbocycles. The van der Waals surface area contributed by atoms with E-state index in [0.717, 1.165) is 11.1 Å². The molecular formula is C21H16ClN5O. The van der Waals surface area contributed by atoms with Crippen molar-refractivity contribution in [2.24, 2.45) is 0 Å². The molecule has 1 N–H and O–H groups in total. The van der Waals surface area contributed by atoms with Crippen molar-refractivity contribution >= 4 is 23.5 Å². The summed E-state index contributed by atoms with van der Waals surface area (Å²) in [7, 11) is 0. The molecule has 138 valence electrons. The summed E-state index contributed by atoms with van der Waals surface area (Å²) in [6.45, 7) is 0.455. The van der Waals surface area contributed by atoms with Crippen LogP contribution in [0.3, 0.4) is 0 Å². The minimum atomic E-state index is -0.262. The normalized spacial score (nSPS) is 10.6. The SMILES string of the molecule is O=C(c1ccccc1)n1nc(-c2ccncc2)nc1NCc1cccc(Cl)c1. The van der Waals surface area contributed by atoms with E-state index in [1.54, 1.807) is 36.7 Å². The lowest BCUT2D eigenvalue weighted by atomic mass is 10.2. The Morgan fingerprint density at radius 3 is 2.54 bits per heavy atom. The molecule has 0 radical (unpaired) electrons. The second-order valence-electron chi connectivity index (χ2n) is 6.06. The Hall–Kier alpha value is -3.51. The highest BCUT2D eigenvalue weighted by Crippen LogP contribution is 2.19. The third kappa shape index (κ3) is 3.92. The maximum absolute atomic E-state index is 13.0. The number of carbonyl (C=O) groups is 1. The van der Waals surface area contributed by atoms with E-state index in [2.05, 4.69) is 20.4 Å². The second kappa shape index (κ2) is 8.02. The van der Waals surface area contributed by atoms with Crippen LogP contribution in [0.1, 0.15) is 15.9 Å². The molecule has 0 fully saturated rings. The number of halogens is 1. The van der Waals surface area contributed by atoms with E-state index in [0.29, 0.717) is 28.9 Å². The number of benzene rings is 2. The summed E-state index contributed by atoms with van der Waals surface area (Å²) < 4.78 is 1.29. The topological polar surface area (TPSA) is 72.7 Å². The molecule has 2 heterocycles. The molecule has 0 unspecified atom stereocenters. The maximum Gasteiger partial charge on any atom is 0.281 e. The molecule has 4 rings (SSSR count). The van der Waals surface area contributed by atoms with Crippen molar-refractivity contribution in [3.63, 3.8) is 0 Å². The number of nitrogens with one attached hydrogen (secondary N) is 1. The van der Waals surface area contributed by atoms with Gasteiger partial charge in [0.2, 0.25) is 5.95 Å². The van der Waals surface area contributed by atoms with Crippen molar-refractivity contribution in [2.45, 2.75) is 6.54 Å². The van der Waals surface area contributed by atoms with Crippen LogP contribution in [0, 0.1) is 0 Å². The molecule has 0 aliphatic heterocycles. The summed E-state index contributed by atoms with van der Waals surface area (Å²) in [5, 5.41) is 8.27. The van der Waals surface area contributed by atoms with E-state index in [1.165, 1.54) is 4.68 Å². The van der Waals surface area contributed by atoms with Gasteiger partial charge in [-0.15, -0.1) is 5.10 Å². The van der Waals surface area contributed by atoms with Gasteiger partial charge < -0.3 is 5.32 Å². The van der Waals surface area contributed by atoms with Gasteiger partial charge in [0.1, 0.15) is 0 Å². The first-order valence-electron chi connectivity index (χ1n) is 8.66. The summed E-state index contributed by atoms with van der Waals surface area (Å²) in [5.41, 5.74) is 2.28. The first-order valence-corrected chi connectivity index (χ1v) is 9.04. The zero-order valence-corrected chi connectivity index (χ0v) is 15.5. The van der Waals surface area contributed by atoms with Crippen LogP contribution in [0.2, 0.25) is 5.02 Å². The number of hydrogen-bond donors (Lipinski definition) is 1. The number of rotatable bonds is 5. The first-order chi connectivity index (χ1) is 13.7. The minimum Gasteiger partial charge on any atom is -0.350 e. The van der Waals surface area contributed by atoms with E-state index >= 15 is 0 Å². The van der Waals surface area contributed by atoms with Gasteiger partial charge in [-0.25, -0.2) is 0 Å². The maximum atomic E-state index is 13.0. The third-order valence-electron chi connectivity index (χ3n) is 4.10. The van der Waals surface area contributed by atoms with Crippen molar-refractivity contribution in [1.82, 2.24) is 19.7 Å². The van der Waals surface area contributed by atoms with Gasteiger partial charge in [0, 0.05) is 35.1 Å². The summed E-state index contributed by atoms with van der Waals surface area (Å²) >= 11 is 6.05. The summed E-state index contributed by atoms with van der Waals surface area (Å²) in [6.07, 6.45) is 3.32. The Morgan fingerprint density at radius 1 is 1.00 bits per heavy atom. The molecule has 0 spiro atoms. The fraction of sp³-hybridized carbons (Fsp3) is 0.0476. The fourth-order valence-corrected chi connectivity index (χ4v) is 2.94. The Labute approximate surface area is 166 Å². The summed E-state index contributed by atoms with van der Waals surface area (Å²) in [5.74, 6) is 0.544. The molecule has 7 heteroatoms. The van der Waals surface area contributed by atoms with E-state index in [1.807, 2.05) is 42.5 Å². The molecule has 0 aliphatic rings. The lowest BCUT2D eigenvalue weighted by molar-refractivity contribution is 0.0947. The van der Waals surface area contributed by atoms with Crippen LogP contribution >= 0.6 is 11.6 Å².